The average molecular weight is 294 g/mol. The van der Waals surface area contributed by atoms with Crippen LogP contribution in [0.3, 0.4) is 0 Å². The van der Waals surface area contributed by atoms with Crippen molar-refractivity contribution in [3.8, 4) is 0 Å². The smallest absolute Gasteiger partial charge is 0.196 e. The summed E-state index contributed by atoms with van der Waals surface area (Å²) in [6, 6.07) is 0.184. The molecule has 1 saturated heterocycles. The van der Waals surface area contributed by atoms with E-state index in [9.17, 15) is 9.90 Å². The van der Waals surface area contributed by atoms with Crippen LogP contribution >= 0.6 is 11.3 Å². The summed E-state index contributed by atoms with van der Waals surface area (Å²) in [6.45, 7) is 1.37. The summed E-state index contributed by atoms with van der Waals surface area (Å²) < 4.78 is 1.81. The Labute approximate surface area is 121 Å². The van der Waals surface area contributed by atoms with Gasteiger partial charge >= 0.3 is 0 Å². The molecule has 2 aromatic rings. The first-order valence-electron chi connectivity index (χ1n) is 6.60. The second kappa shape index (κ2) is 5.16. The monoisotopic (exact) mass is 294 g/mol. The number of carbonyl (C=O) groups is 1. The first-order valence-corrected chi connectivity index (χ1v) is 7.48. The number of anilines is 1. The molecule has 108 valence electrons. The zero-order valence-corrected chi connectivity index (χ0v) is 12.4. The summed E-state index contributed by atoms with van der Waals surface area (Å²) in [6.07, 6.45) is 3.05. The molecule has 6 nitrogen and oxygen atoms in total. The minimum atomic E-state index is -0.362. The van der Waals surface area contributed by atoms with Crippen LogP contribution < -0.4 is 4.90 Å². The van der Waals surface area contributed by atoms with Crippen LogP contribution in [0.2, 0.25) is 0 Å². The third-order valence-electron chi connectivity index (χ3n) is 3.63. The van der Waals surface area contributed by atoms with Crippen LogP contribution in [0, 0.1) is 0 Å². The predicted molar refractivity (Wildman–Crippen MR) is 78.8 cm³/mol. The van der Waals surface area contributed by atoms with E-state index in [2.05, 4.69) is 14.8 Å². The number of likely N-dealkylation sites (N-methyl/N-ethyl adjacent to an activating group) is 1. The van der Waals surface area contributed by atoms with E-state index in [-0.39, 0.29) is 12.1 Å². The number of nitrogens with zero attached hydrogens (tertiary/aromatic N) is 4. The molecule has 0 spiro atoms. The molecule has 1 N–H and O–H groups in total. The van der Waals surface area contributed by atoms with Crippen LogP contribution in [0.1, 0.15) is 16.9 Å². The van der Waals surface area contributed by atoms with Gasteiger partial charge in [-0.15, -0.1) is 11.3 Å². The lowest BCUT2D eigenvalue weighted by Gasteiger charge is -2.27. The number of imidazole rings is 1. The molecule has 2 aromatic heterocycles. The van der Waals surface area contributed by atoms with E-state index in [1.54, 1.807) is 0 Å². The Hall–Kier alpha value is -1.44. The Morgan fingerprint density at radius 1 is 1.60 bits per heavy atom. The fourth-order valence-electron chi connectivity index (χ4n) is 2.86. The SMILES string of the molecule is CN(C)CC1CC(O)CN1c1nc2sccn2c1C=O. The first-order chi connectivity index (χ1) is 9.60. The van der Waals surface area contributed by atoms with Gasteiger partial charge in [-0.05, 0) is 20.5 Å². The summed E-state index contributed by atoms with van der Waals surface area (Å²) in [4.78, 5) is 20.9. The zero-order chi connectivity index (χ0) is 14.3. The van der Waals surface area contributed by atoms with Crippen molar-refractivity contribution in [2.24, 2.45) is 0 Å². The lowest BCUT2D eigenvalue weighted by atomic mass is 10.2. The number of aliphatic hydroxyl groups is 1. The van der Waals surface area contributed by atoms with Crippen LogP contribution in [0.4, 0.5) is 5.82 Å². The van der Waals surface area contributed by atoms with Crippen molar-refractivity contribution in [1.29, 1.82) is 0 Å². The van der Waals surface area contributed by atoms with E-state index in [4.69, 9.17) is 0 Å². The molecule has 2 unspecified atom stereocenters. The number of aromatic nitrogens is 2. The van der Waals surface area contributed by atoms with Crippen LogP contribution in [0.25, 0.3) is 4.96 Å². The van der Waals surface area contributed by atoms with Crippen molar-refractivity contribution < 1.29 is 9.90 Å². The number of carbonyl (C=O) groups excluding carboxylic acids is 1. The zero-order valence-electron chi connectivity index (χ0n) is 11.6. The standard InChI is InChI=1S/C13H18N4O2S/c1-15(2)6-9-5-10(19)7-17(9)12-11(8-18)16-3-4-20-13(16)14-12/h3-4,8-10,19H,5-7H2,1-2H3. The van der Waals surface area contributed by atoms with Gasteiger partial charge in [0.05, 0.1) is 6.10 Å². The van der Waals surface area contributed by atoms with Gasteiger partial charge in [-0.2, -0.15) is 0 Å². The number of thiazole rings is 1. The molecule has 20 heavy (non-hydrogen) atoms. The highest BCUT2D eigenvalue weighted by atomic mass is 32.1. The fraction of sp³-hybridized carbons (Fsp3) is 0.538. The van der Waals surface area contributed by atoms with Gasteiger partial charge in [-0.3, -0.25) is 9.20 Å². The highest BCUT2D eigenvalue weighted by Crippen LogP contribution is 2.30. The molecule has 1 fully saturated rings. The van der Waals surface area contributed by atoms with E-state index >= 15 is 0 Å². The van der Waals surface area contributed by atoms with Gasteiger partial charge in [0.1, 0.15) is 5.69 Å². The van der Waals surface area contributed by atoms with E-state index < -0.39 is 0 Å². The lowest BCUT2D eigenvalue weighted by molar-refractivity contribution is 0.111. The lowest BCUT2D eigenvalue weighted by Crippen LogP contribution is -2.38. The summed E-state index contributed by atoms with van der Waals surface area (Å²) in [7, 11) is 4.02. The minimum absolute atomic E-state index is 0.184. The Bertz CT molecular complexity index is 621. The van der Waals surface area contributed by atoms with Crippen molar-refractivity contribution in [2.75, 3.05) is 32.1 Å². The molecule has 7 heteroatoms. The first kappa shape index (κ1) is 13.5. The van der Waals surface area contributed by atoms with Gasteiger partial charge in [-0.1, -0.05) is 0 Å². The quantitative estimate of drug-likeness (QED) is 0.842. The van der Waals surface area contributed by atoms with Gasteiger partial charge in [0.15, 0.2) is 17.1 Å². The Morgan fingerprint density at radius 3 is 3.10 bits per heavy atom. The van der Waals surface area contributed by atoms with Crippen molar-refractivity contribution in [1.82, 2.24) is 14.3 Å². The summed E-state index contributed by atoms with van der Waals surface area (Å²) >= 11 is 1.51. The number of hydrogen-bond donors (Lipinski definition) is 1. The third kappa shape index (κ3) is 2.21. The number of β-amino-alcohol motifs (C(OH)–C–C–N with tert-alkyl or cyclic N) is 1. The van der Waals surface area contributed by atoms with E-state index in [0.717, 1.165) is 17.8 Å². The average Bonchev–Trinajstić information content (AvgIpc) is 3.01. The predicted octanol–water partition coefficient (Wildman–Crippen LogP) is 0.710. The maximum absolute atomic E-state index is 11.4. The minimum Gasteiger partial charge on any atom is -0.391 e. The maximum Gasteiger partial charge on any atom is 0.196 e. The van der Waals surface area contributed by atoms with Gasteiger partial charge in [0.2, 0.25) is 0 Å². The van der Waals surface area contributed by atoms with Gasteiger partial charge in [-0.25, -0.2) is 4.98 Å². The molecule has 3 rings (SSSR count). The molecular formula is C13H18N4O2S. The molecule has 0 bridgehead atoms. The second-order valence-electron chi connectivity index (χ2n) is 5.45. The molecule has 0 radical (unpaired) electrons. The molecular weight excluding hydrogens is 276 g/mol. The van der Waals surface area contributed by atoms with Crippen molar-refractivity contribution >= 4 is 28.4 Å². The molecule has 0 aromatic carbocycles. The number of fused-ring (bicyclic) bond motifs is 1. The van der Waals surface area contributed by atoms with Crippen LogP contribution in [0.15, 0.2) is 11.6 Å². The third-order valence-corrected chi connectivity index (χ3v) is 4.39. The number of hydrogen-bond acceptors (Lipinski definition) is 6. The molecule has 0 aliphatic carbocycles. The topological polar surface area (TPSA) is 61.1 Å². The Balaban J connectivity index is 1.99. The molecule has 3 heterocycles. The van der Waals surface area contributed by atoms with Gasteiger partial charge in [0, 0.05) is 30.7 Å². The van der Waals surface area contributed by atoms with Crippen LogP contribution in [0.5, 0.6) is 0 Å². The molecule has 0 saturated carbocycles. The summed E-state index contributed by atoms with van der Waals surface area (Å²) in [5.41, 5.74) is 0.569. The van der Waals surface area contributed by atoms with E-state index in [1.807, 2.05) is 30.1 Å². The van der Waals surface area contributed by atoms with E-state index in [0.29, 0.717) is 24.5 Å². The Morgan fingerprint density at radius 2 is 2.40 bits per heavy atom. The van der Waals surface area contributed by atoms with Crippen molar-refractivity contribution in [3.05, 3.63) is 17.3 Å². The molecule has 0 amide bonds. The maximum atomic E-state index is 11.4. The van der Waals surface area contributed by atoms with E-state index in [1.165, 1.54) is 11.3 Å². The van der Waals surface area contributed by atoms with Crippen molar-refractivity contribution in [3.63, 3.8) is 0 Å². The number of aliphatic hydroxyl groups excluding tert-OH is 1. The van der Waals surface area contributed by atoms with Gasteiger partial charge < -0.3 is 14.9 Å². The Kier molecular flexibility index (Phi) is 3.49. The number of rotatable bonds is 4. The summed E-state index contributed by atoms with van der Waals surface area (Å²) in [5.74, 6) is 0.690. The number of aldehydes is 1. The highest BCUT2D eigenvalue weighted by molar-refractivity contribution is 7.15. The normalized spacial score (nSPS) is 23.1. The van der Waals surface area contributed by atoms with Crippen molar-refractivity contribution in [2.45, 2.75) is 18.6 Å². The summed E-state index contributed by atoms with van der Waals surface area (Å²) in [5, 5.41) is 11.9. The largest absolute Gasteiger partial charge is 0.391 e. The van der Waals surface area contributed by atoms with Crippen LogP contribution in [-0.4, -0.2) is 65.0 Å². The molecule has 1 aliphatic heterocycles. The highest BCUT2D eigenvalue weighted by Gasteiger charge is 2.34. The molecule has 1 aliphatic rings. The second-order valence-corrected chi connectivity index (χ2v) is 6.33. The molecule has 2 atom stereocenters. The van der Waals surface area contributed by atoms with Gasteiger partial charge in [0.25, 0.3) is 0 Å². The van der Waals surface area contributed by atoms with Crippen LogP contribution in [-0.2, 0) is 0 Å². The fourth-order valence-corrected chi connectivity index (χ4v) is 3.57.